The third-order valence-electron chi connectivity index (χ3n) is 1.88. The molecule has 0 N–H and O–H groups in total. The Labute approximate surface area is 90.7 Å². The number of oxazole rings is 1. The first kappa shape index (κ1) is 9.65. The van der Waals surface area contributed by atoms with Crippen molar-refractivity contribution in [1.82, 2.24) is 9.97 Å². The molecule has 0 aromatic carbocycles. The van der Waals surface area contributed by atoms with Crippen LogP contribution in [0.15, 0.2) is 21.2 Å². The van der Waals surface area contributed by atoms with Gasteiger partial charge in [0.25, 0.3) is 0 Å². The van der Waals surface area contributed by atoms with Gasteiger partial charge >= 0.3 is 0 Å². The molecule has 0 radical (unpaired) electrons. The van der Waals surface area contributed by atoms with Crippen molar-refractivity contribution in [2.75, 3.05) is 0 Å². The van der Waals surface area contributed by atoms with Crippen molar-refractivity contribution in [3.8, 4) is 0 Å². The first-order valence-electron chi connectivity index (χ1n) is 4.56. The van der Waals surface area contributed by atoms with Crippen LogP contribution in [0.4, 0.5) is 0 Å². The second kappa shape index (κ2) is 3.69. The predicted octanol–water partition coefficient (Wildman–Crippen LogP) is 3.18. The Kier molecular flexibility index (Phi) is 2.54. The van der Waals surface area contributed by atoms with E-state index >= 15 is 0 Å². The van der Waals surface area contributed by atoms with E-state index < -0.39 is 0 Å². The number of rotatable bonds is 2. The lowest BCUT2D eigenvalue weighted by atomic mass is 10.1. The molecule has 0 fully saturated rings. The van der Waals surface area contributed by atoms with Crippen LogP contribution in [-0.2, 0) is 6.42 Å². The van der Waals surface area contributed by atoms with E-state index in [1.165, 1.54) is 0 Å². The molecule has 2 aromatic rings. The fourth-order valence-corrected chi connectivity index (χ4v) is 1.66. The molecule has 0 spiro atoms. The van der Waals surface area contributed by atoms with Crippen LogP contribution < -0.4 is 0 Å². The van der Waals surface area contributed by atoms with Crippen LogP contribution >= 0.6 is 15.9 Å². The molecule has 0 atom stereocenters. The second-order valence-corrected chi connectivity index (χ2v) is 4.51. The topological polar surface area (TPSA) is 38.9 Å². The second-order valence-electron chi connectivity index (χ2n) is 3.65. The van der Waals surface area contributed by atoms with Crippen LogP contribution in [0.2, 0.25) is 0 Å². The van der Waals surface area contributed by atoms with Gasteiger partial charge in [0.1, 0.15) is 5.52 Å². The monoisotopic (exact) mass is 254 g/mol. The normalized spacial score (nSPS) is 11.4. The number of nitrogens with zero attached hydrogens (tertiary/aromatic N) is 2. The minimum Gasteiger partial charge on any atom is -0.422 e. The molecule has 0 aliphatic rings. The first-order chi connectivity index (χ1) is 6.66. The molecule has 0 saturated carbocycles. The van der Waals surface area contributed by atoms with Gasteiger partial charge in [-0.3, -0.25) is 0 Å². The van der Waals surface area contributed by atoms with E-state index in [0.717, 1.165) is 22.3 Å². The van der Waals surface area contributed by atoms with Crippen molar-refractivity contribution in [2.24, 2.45) is 5.92 Å². The first-order valence-corrected chi connectivity index (χ1v) is 5.36. The molecule has 0 bridgehead atoms. The van der Waals surface area contributed by atoms with Gasteiger partial charge in [0.05, 0.1) is 4.47 Å². The van der Waals surface area contributed by atoms with E-state index in [0.29, 0.717) is 11.6 Å². The van der Waals surface area contributed by atoms with Gasteiger partial charge < -0.3 is 4.42 Å². The van der Waals surface area contributed by atoms with Crippen molar-refractivity contribution in [1.29, 1.82) is 0 Å². The zero-order valence-corrected chi connectivity index (χ0v) is 9.71. The van der Waals surface area contributed by atoms with E-state index in [1.807, 2.05) is 6.07 Å². The molecular formula is C10H11BrN2O. The maximum atomic E-state index is 5.51. The SMILES string of the molecule is CC(C)Cc1nc2c(Br)ccnc2o1. The third kappa shape index (κ3) is 1.80. The highest BCUT2D eigenvalue weighted by Crippen LogP contribution is 2.22. The molecule has 14 heavy (non-hydrogen) atoms. The highest BCUT2D eigenvalue weighted by atomic mass is 79.9. The smallest absolute Gasteiger partial charge is 0.248 e. The van der Waals surface area contributed by atoms with E-state index in [2.05, 4.69) is 39.7 Å². The summed E-state index contributed by atoms with van der Waals surface area (Å²) in [6.07, 6.45) is 2.56. The lowest BCUT2D eigenvalue weighted by Gasteiger charge is -1.96. The van der Waals surface area contributed by atoms with Crippen molar-refractivity contribution < 1.29 is 4.42 Å². The Morgan fingerprint density at radius 1 is 1.50 bits per heavy atom. The fourth-order valence-electron chi connectivity index (χ4n) is 1.28. The molecule has 2 heterocycles. The number of halogens is 1. The van der Waals surface area contributed by atoms with Gasteiger partial charge in [-0.05, 0) is 27.9 Å². The molecular weight excluding hydrogens is 244 g/mol. The molecule has 0 aliphatic carbocycles. The van der Waals surface area contributed by atoms with Crippen LogP contribution in [0.1, 0.15) is 19.7 Å². The zero-order chi connectivity index (χ0) is 10.1. The summed E-state index contributed by atoms with van der Waals surface area (Å²) in [4.78, 5) is 8.49. The van der Waals surface area contributed by atoms with Crippen molar-refractivity contribution in [2.45, 2.75) is 20.3 Å². The Balaban J connectivity index is 2.46. The maximum Gasteiger partial charge on any atom is 0.248 e. The van der Waals surface area contributed by atoms with Crippen molar-refractivity contribution in [3.63, 3.8) is 0 Å². The van der Waals surface area contributed by atoms with Crippen molar-refractivity contribution in [3.05, 3.63) is 22.6 Å². The Hall–Kier alpha value is -0.900. The van der Waals surface area contributed by atoms with Crippen LogP contribution in [0.3, 0.4) is 0 Å². The minimum atomic E-state index is 0.543. The molecule has 4 heteroatoms. The molecule has 0 amide bonds. The summed E-state index contributed by atoms with van der Waals surface area (Å²) in [5, 5.41) is 0. The number of aromatic nitrogens is 2. The molecule has 0 aliphatic heterocycles. The number of hydrogen-bond donors (Lipinski definition) is 0. The molecule has 74 valence electrons. The average molecular weight is 255 g/mol. The fraction of sp³-hybridized carbons (Fsp3) is 0.400. The lowest BCUT2D eigenvalue weighted by Crippen LogP contribution is -1.93. The largest absolute Gasteiger partial charge is 0.422 e. The van der Waals surface area contributed by atoms with Crippen LogP contribution in [0.5, 0.6) is 0 Å². The molecule has 2 aromatic heterocycles. The number of pyridine rings is 1. The number of hydrogen-bond acceptors (Lipinski definition) is 3. The van der Waals surface area contributed by atoms with Crippen LogP contribution in [0, 0.1) is 5.92 Å². The Morgan fingerprint density at radius 3 is 2.93 bits per heavy atom. The van der Waals surface area contributed by atoms with Crippen molar-refractivity contribution >= 4 is 27.2 Å². The summed E-state index contributed by atoms with van der Waals surface area (Å²) in [6.45, 7) is 4.27. The van der Waals surface area contributed by atoms with Crippen LogP contribution in [0.25, 0.3) is 11.2 Å². The van der Waals surface area contributed by atoms with Gasteiger partial charge in [-0.15, -0.1) is 0 Å². The predicted molar refractivity (Wildman–Crippen MR) is 58.0 cm³/mol. The third-order valence-corrected chi connectivity index (χ3v) is 2.52. The maximum absolute atomic E-state index is 5.51. The van der Waals surface area contributed by atoms with E-state index in [-0.39, 0.29) is 0 Å². The summed E-state index contributed by atoms with van der Waals surface area (Å²) in [7, 11) is 0. The Morgan fingerprint density at radius 2 is 2.29 bits per heavy atom. The van der Waals surface area contributed by atoms with Gasteiger partial charge in [0.2, 0.25) is 5.71 Å². The van der Waals surface area contributed by atoms with E-state index in [9.17, 15) is 0 Å². The van der Waals surface area contributed by atoms with E-state index in [1.54, 1.807) is 6.20 Å². The van der Waals surface area contributed by atoms with E-state index in [4.69, 9.17) is 4.42 Å². The summed E-state index contributed by atoms with van der Waals surface area (Å²) >= 11 is 3.41. The Bertz CT molecular complexity index is 450. The highest BCUT2D eigenvalue weighted by molar-refractivity contribution is 9.10. The molecule has 3 nitrogen and oxygen atoms in total. The quantitative estimate of drug-likeness (QED) is 0.827. The summed E-state index contributed by atoms with van der Waals surface area (Å²) in [5.74, 6) is 1.30. The standard InChI is InChI=1S/C10H11BrN2O/c1-6(2)5-8-13-9-7(11)3-4-12-10(9)14-8/h3-4,6H,5H2,1-2H3. The average Bonchev–Trinajstić information content (AvgIpc) is 2.47. The zero-order valence-electron chi connectivity index (χ0n) is 8.12. The van der Waals surface area contributed by atoms with Gasteiger partial charge in [0, 0.05) is 12.6 Å². The van der Waals surface area contributed by atoms with Gasteiger partial charge in [-0.1, -0.05) is 13.8 Å². The summed E-state index contributed by atoms with van der Waals surface area (Å²) in [6, 6.07) is 1.87. The van der Waals surface area contributed by atoms with Gasteiger partial charge in [-0.25, -0.2) is 9.97 Å². The summed E-state index contributed by atoms with van der Waals surface area (Å²) in [5.41, 5.74) is 1.41. The van der Waals surface area contributed by atoms with Crippen LogP contribution in [-0.4, -0.2) is 9.97 Å². The van der Waals surface area contributed by atoms with Gasteiger partial charge in [-0.2, -0.15) is 0 Å². The minimum absolute atomic E-state index is 0.543. The number of fused-ring (bicyclic) bond motifs is 1. The summed E-state index contributed by atoms with van der Waals surface area (Å²) < 4.78 is 6.44. The van der Waals surface area contributed by atoms with Gasteiger partial charge in [0.15, 0.2) is 5.89 Å². The molecule has 0 unspecified atom stereocenters. The molecule has 2 rings (SSSR count). The molecule has 0 saturated heterocycles. The highest BCUT2D eigenvalue weighted by Gasteiger charge is 2.10. The lowest BCUT2D eigenvalue weighted by molar-refractivity contribution is 0.477.